The summed E-state index contributed by atoms with van der Waals surface area (Å²) in [6.45, 7) is 8.82. The molecule has 0 saturated carbocycles. The summed E-state index contributed by atoms with van der Waals surface area (Å²) in [4.78, 5) is 10.7. The second kappa shape index (κ2) is 5.21. The van der Waals surface area contributed by atoms with Gasteiger partial charge in [0, 0.05) is 13.1 Å². The summed E-state index contributed by atoms with van der Waals surface area (Å²) in [5, 5.41) is 0. The Balaban J connectivity index is 2.24. The molecule has 19 heavy (non-hydrogen) atoms. The van der Waals surface area contributed by atoms with Crippen LogP contribution >= 0.6 is 0 Å². The van der Waals surface area contributed by atoms with Gasteiger partial charge in [-0.3, -0.25) is 0 Å². The van der Waals surface area contributed by atoms with Crippen molar-refractivity contribution in [2.75, 3.05) is 30.5 Å². The number of nitrogens with one attached hydrogen (secondary N) is 1. The number of hydrogen-bond donors (Lipinski definition) is 2. The van der Waals surface area contributed by atoms with Crippen LogP contribution in [-0.4, -0.2) is 30.2 Å². The van der Waals surface area contributed by atoms with Crippen molar-refractivity contribution in [3.05, 3.63) is 6.33 Å². The van der Waals surface area contributed by atoms with E-state index in [1.165, 1.54) is 12.7 Å². The van der Waals surface area contributed by atoms with Gasteiger partial charge in [-0.25, -0.2) is 15.8 Å². The molecule has 2 rings (SSSR count). The minimum atomic E-state index is 0.309. The first-order valence-electron chi connectivity index (χ1n) is 6.58. The number of nitrogen functional groups attached to an aromatic ring is 1. The third-order valence-electron chi connectivity index (χ3n) is 3.84. The Bertz CT molecular complexity index is 443. The van der Waals surface area contributed by atoms with E-state index in [0.717, 1.165) is 18.9 Å². The van der Waals surface area contributed by atoms with E-state index in [1.807, 2.05) is 0 Å². The third kappa shape index (κ3) is 2.73. The first kappa shape index (κ1) is 13.9. The molecule has 1 unspecified atom stereocenters. The predicted octanol–water partition coefficient (Wildman–Crippen LogP) is 1.64. The van der Waals surface area contributed by atoms with Crippen LogP contribution in [0.2, 0.25) is 0 Å². The monoisotopic (exact) mass is 265 g/mol. The van der Waals surface area contributed by atoms with Crippen LogP contribution in [0.1, 0.15) is 27.2 Å². The Morgan fingerprint density at radius 2 is 2.16 bits per heavy atom. The average molecular weight is 265 g/mol. The van der Waals surface area contributed by atoms with Crippen LogP contribution in [0.3, 0.4) is 0 Å². The van der Waals surface area contributed by atoms with Crippen LogP contribution in [0, 0.1) is 11.3 Å². The lowest BCUT2D eigenvalue weighted by atomic mass is 9.80. The molecule has 0 aliphatic carbocycles. The van der Waals surface area contributed by atoms with Crippen LogP contribution in [-0.2, 0) is 0 Å². The zero-order valence-electron chi connectivity index (χ0n) is 12.1. The molecule has 6 heteroatoms. The molecule has 3 N–H and O–H groups in total. The van der Waals surface area contributed by atoms with Crippen LogP contribution in [0.5, 0.6) is 5.75 Å². The summed E-state index contributed by atoms with van der Waals surface area (Å²) < 4.78 is 5.39. The van der Waals surface area contributed by atoms with E-state index in [-0.39, 0.29) is 0 Å². The summed E-state index contributed by atoms with van der Waals surface area (Å²) in [5.41, 5.74) is 2.86. The van der Waals surface area contributed by atoms with Gasteiger partial charge in [0.15, 0.2) is 11.6 Å². The molecule has 0 bridgehead atoms. The van der Waals surface area contributed by atoms with Crippen molar-refractivity contribution < 1.29 is 4.74 Å². The van der Waals surface area contributed by atoms with Crippen molar-refractivity contribution in [3.63, 3.8) is 0 Å². The van der Waals surface area contributed by atoms with E-state index in [2.05, 4.69) is 41.1 Å². The van der Waals surface area contributed by atoms with E-state index < -0.39 is 0 Å². The molecule has 1 aromatic rings. The maximum Gasteiger partial charge on any atom is 0.205 e. The first-order valence-corrected chi connectivity index (χ1v) is 6.58. The van der Waals surface area contributed by atoms with Gasteiger partial charge in [0.25, 0.3) is 0 Å². The van der Waals surface area contributed by atoms with Gasteiger partial charge in [-0.2, -0.15) is 0 Å². The maximum absolute atomic E-state index is 5.45. The number of ether oxygens (including phenoxy) is 1. The number of hydrazine groups is 1. The number of nitrogens with two attached hydrogens (primary N) is 1. The normalized spacial score (nSPS) is 19.6. The third-order valence-corrected chi connectivity index (χ3v) is 3.84. The molecule has 0 amide bonds. The fourth-order valence-corrected chi connectivity index (χ4v) is 2.54. The fourth-order valence-electron chi connectivity index (χ4n) is 2.54. The summed E-state index contributed by atoms with van der Waals surface area (Å²) in [5.74, 6) is 8.05. The van der Waals surface area contributed by atoms with E-state index in [0.29, 0.717) is 22.9 Å². The van der Waals surface area contributed by atoms with Crippen molar-refractivity contribution in [2.24, 2.45) is 17.2 Å². The summed E-state index contributed by atoms with van der Waals surface area (Å²) >= 11 is 0. The standard InChI is InChI=1S/C13H23N5O/c1-13(2,3)9-5-6-18(7-9)12-10(19-4)11(17-14)15-8-16-12/h8-9H,5-7,14H2,1-4H3,(H,15,16,17). The molecule has 0 spiro atoms. The van der Waals surface area contributed by atoms with Gasteiger partial charge in [0.1, 0.15) is 6.33 Å². The van der Waals surface area contributed by atoms with E-state index >= 15 is 0 Å². The lowest BCUT2D eigenvalue weighted by Gasteiger charge is -2.27. The van der Waals surface area contributed by atoms with Gasteiger partial charge >= 0.3 is 0 Å². The first-order chi connectivity index (χ1) is 8.97. The van der Waals surface area contributed by atoms with Gasteiger partial charge in [-0.1, -0.05) is 20.8 Å². The number of anilines is 2. The SMILES string of the molecule is COc1c(NN)ncnc1N1CCC(C(C)(C)C)C1. The molecular formula is C13H23N5O. The molecular weight excluding hydrogens is 242 g/mol. The zero-order valence-corrected chi connectivity index (χ0v) is 12.1. The Hall–Kier alpha value is -1.56. The maximum atomic E-state index is 5.45. The molecule has 106 valence electrons. The number of nitrogens with zero attached hydrogens (tertiary/aromatic N) is 3. The number of aromatic nitrogens is 2. The van der Waals surface area contributed by atoms with Crippen molar-refractivity contribution in [1.82, 2.24) is 9.97 Å². The van der Waals surface area contributed by atoms with Crippen molar-refractivity contribution in [3.8, 4) is 5.75 Å². The number of rotatable bonds is 3. The van der Waals surface area contributed by atoms with Crippen LogP contribution in [0.15, 0.2) is 6.33 Å². The minimum absolute atomic E-state index is 0.309. The molecule has 1 fully saturated rings. The molecule has 6 nitrogen and oxygen atoms in total. The summed E-state index contributed by atoms with van der Waals surface area (Å²) in [7, 11) is 1.61. The smallest absolute Gasteiger partial charge is 0.205 e. The molecule has 2 heterocycles. The molecule has 1 aromatic heterocycles. The highest BCUT2D eigenvalue weighted by Gasteiger charge is 2.33. The van der Waals surface area contributed by atoms with Gasteiger partial charge < -0.3 is 15.1 Å². The zero-order chi connectivity index (χ0) is 14.0. The Morgan fingerprint density at radius 3 is 2.68 bits per heavy atom. The fraction of sp³-hybridized carbons (Fsp3) is 0.692. The summed E-state index contributed by atoms with van der Waals surface area (Å²) in [6, 6.07) is 0. The molecule has 1 atom stereocenters. The lowest BCUT2D eigenvalue weighted by molar-refractivity contribution is 0.263. The number of hydrogen-bond acceptors (Lipinski definition) is 6. The second-order valence-electron chi connectivity index (χ2n) is 6.02. The van der Waals surface area contributed by atoms with Crippen LogP contribution in [0.25, 0.3) is 0 Å². The van der Waals surface area contributed by atoms with Crippen LogP contribution in [0.4, 0.5) is 11.6 Å². The summed E-state index contributed by atoms with van der Waals surface area (Å²) in [6.07, 6.45) is 2.68. The van der Waals surface area contributed by atoms with Crippen molar-refractivity contribution in [1.29, 1.82) is 0 Å². The Kier molecular flexibility index (Phi) is 3.80. The lowest BCUT2D eigenvalue weighted by Crippen LogP contribution is -2.27. The molecule has 1 saturated heterocycles. The van der Waals surface area contributed by atoms with Gasteiger partial charge in [-0.15, -0.1) is 0 Å². The van der Waals surface area contributed by atoms with E-state index in [9.17, 15) is 0 Å². The largest absolute Gasteiger partial charge is 0.490 e. The molecule has 0 aromatic carbocycles. The number of methoxy groups -OCH3 is 1. The van der Waals surface area contributed by atoms with Crippen LogP contribution < -0.4 is 20.9 Å². The van der Waals surface area contributed by atoms with Gasteiger partial charge in [0.2, 0.25) is 5.75 Å². The molecule has 0 radical (unpaired) electrons. The second-order valence-corrected chi connectivity index (χ2v) is 6.02. The van der Waals surface area contributed by atoms with Gasteiger partial charge in [-0.05, 0) is 17.8 Å². The van der Waals surface area contributed by atoms with E-state index in [4.69, 9.17) is 10.6 Å². The predicted molar refractivity (Wildman–Crippen MR) is 76.2 cm³/mol. The molecule has 1 aliphatic heterocycles. The van der Waals surface area contributed by atoms with E-state index in [1.54, 1.807) is 7.11 Å². The quantitative estimate of drug-likeness (QED) is 0.639. The topological polar surface area (TPSA) is 76.3 Å². The minimum Gasteiger partial charge on any atom is -0.490 e. The Labute approximate surface area is 114 Å². The Morgan fingerprint density at radius 1 is 1.42 bits per heavy atom. The highest BCUT2D eigenvalue weighted by molar-refractivity contribution is 5.64. The highest BCUT2D eigenvalue weighted by atomic mass is 16.5. The average Bonchev–Trinajstić information content (AvgIpc) is 2.86. The molecule has 1 aliphatic rings. The van der Waals surface area contributed by atoms with Crippen molar-refractivity contribution >= 4 is 11.6 Å². The van der Waals surface area contributed by atoms with Gasteiger partial charge in [0.05, 0.1) is 7.11 Å². The highest BCUT2D eigenvalue weighted by Crippen LogP contribution is 2.39. The van der Waals surface area contributed by atoms with Crippen molar-refractivity contribution in [2.45, 2.75) is 27.2 Å².